The molecule has 5 heteroatoms. The number of hydrogen-bond donors (Lipinski definition) is 3. The minimum Gasteiger partial charge on any atom is -0.348 e. The van der Waals surface area contributed by atoms with Crippen LogP contribution < -0.4 is 10.9 Å². The number of fused-ring (bicyclic) bond motifs is 2. The van der Waals surface area contributed by atoms with Crippen molar-refractivity contribution in [1.29, 1.82) is 0 Å². The molecule has 0 amide bonds. The van der Waals surface area contributed by atoms with Crippen molar-refractivity contribution in [3.63, 3.8) is 0 Å². The molecular formula is C15H14N4O. The fourth-order valence-electron chi connectivity index (χ4n) is 2.85. The van der Waals surface area contributed by atoms with Gasteiger partial charge in [0.2, 0.25) is 0 Å². The number of hydrogen-bond acceptors (Lipinski definition) is 3. The van der Waals surface area contributed by atoms with Gasteiger partial charge in [-0.05, 0) is 17.5 Å². The number of H-pyrrole nitrogens is 2. The van der Waals surface area contributed by atoms with Crippen molar-refractivity contribution < 1.29 is 0 Å². The lowest BCUT2D eigenvalue weighted by atomic mass is 9.98. The number of imidazole rings is 1. The summed E-state index contributed by atoms with van der Waals surface area (Å²) < 4.78 is 0. The molecule has 0 fully saturated rings. The summed E-state index contributed by atoms with van der Waals surface area (Å²) in [5.41, 5.74) is 3.56. The van der Waals surface area contributed by atoms with Gasteiger partial charge in [0.25, 0.3) is 5.56 Å². The summed E-state index contributed by atoms with van der Waals surface area (Å²) in [5, 5.41) is 4.41. The number of benzene rings is 1. The fourth-order valence-corrected chi connectivity index (χ4v) is 2.85. The molecule has 4 rings (SSSR count). The molecule has 3 heterocycles. The summed E-state index contributed by atoms with van der Waals surface area (Å²) in [6.07, 6.45) is 2.61. The molecule has 0 aliphatic carbocycles. The molecule has 5 nitrogen and oxygen atoms in total. The molecule has 1 unspecified atom stereocenters. The second kappa shape index (κ2) is 4.31. The van der Waals surface area contributed by atoms with E-state index in [0.29, 0.717) is 0 Å². The summed E-state index contributed by atoms with van der Waals surface area (Å²) in [7, 11) is 0. The van der Waals surface area contributed by atoms with Crippen LogP contribution in [0.1, 0.15) is 23.0 Å². The van der Waals surface area contributed by atoms with Gasteiger partial charge in [0.1, 0.15) is 0 Å². The molecule has 1 aromatic carbocycles. The van der Waals surface area contributed by atoms with Crippen molar-refractivity contribution in [3.05, 3.63) is 64.0 Å². The summed E-state index contributed by atoms with van der Waals surface area (Å²) in [6, 6.07) is 9.62. The third kappa shape index (κ3) is 1.67. The lowest BCUT2D eigenvalue weighted by Gasteiger charge is -2.22. The van der Waals surface area contributed by atoms with E-state index in [4.69, 9.17) is 0 Å². The normalized spacial score (nSPS) is 18.1. The second-order valence-electron chi connectivity index (χ2n) is 5.04. The third-order valence-corrected chi connectivity index (χ3v) is 3.84. The van der Waals surface area contributed by atoms with Crippen molar-refractivity contribution in [3.8, 4) is 0 Å². The molecule has 0 bridgehead atoms. The Kier molecular flexibility index (Phi) is 2.47. The maximum Gasteiger partial charge on any atom is 0.253 e. The molecule has 0 radical (unpaired) electrons. The molecule has 1 atom stereocenters. The molecule has 20 heavy (non-hydrogen) atoms. The number of aromatic nitrogens is 3. The summed E-state index contributed by atoms with van der Waals surface area (Å²) >= 11 is 0. The smallest absolute Gasteiger partial charge is 0.253 e. The van der Waals surface area contributed by atoms with Gasteiger partial charge >= 0.3 is 0 Å². The first-order chi connectivity index (χ1) is 9.83. The van der Waals surface area contributed by atoms with Crippen LogP contribution in [-0.4, -0.2) is 21.5 Å². The molecule has 0 spiro atoms. The van der Waals surface area contributed by atoms with Crippen LogP contribution in [0, 0.1) is 0 Å². The second-order valence-corrected chi connectivity index (χ2v) is 5.04. The molecule has 0 saturated carbocycles. The van der Waals surface area contributed by atoms with Crippen LogP contribution in [0.15, 0.2) is 41.5 Å². The van der Waals surface area contributed by atoms with Gasteiger partial charge in [-0.25, -0.2) is 4.98 Å². The zero-order valence-electron chi connectivity index (χ0n) is 10.8. The Bertz CT molecular complexity index is 833. The Hall–Kier alpha value is -2.40. The van der Waals surface area contributed by atoms with Crippen molar-refractivity contribution in [2.75, 3.05) is 6.54 Å². The van der Waals surface area contributed by atoms with Crippen molar-refractivity contribution >= 4 is 10.9 Å². The first-order valence-electron chi connectivity index (χ1n) is 6.70. The predicted octanol–water partition coefficient (Wildman–Crippen LogP) is 1.49. The maximum absolute atomic E-state index is 12.3. The predicted molar refractivity (Wildman–Crippen MR) is 76.7 cm³/mol. The average molecular weight is 266 g/mol. The Labute approximate surface area is 115 Å². The van der Waals surface area contributed by atoms with E-state index in [1.165, 1.54) is 0 Å². The van der Waals surface area contributed by atoms with Gasteiger partial charge in [-0.1, -0.05) is 18.2 Å². The standard InChI is InChI=1S/C15H14N4O/c20-15-10(7-9-3-1-2-4-11(9)19-15)13-14-12(5-6-16-13)17-8-18-14/h1-4,7-8,13,16H,5-6H2,(H,17,18)(H,19,20). The van der Waals surface area contributed by atoms with E-state index in [9.17, 15) is 4.79 Å². The highest BCUT2D eigenvalue weighted by molar-refractivity contribution is 5.78. The lowest BCUT2D eigenvalue weighted by molar-refractivity contribution is 0.550. The molecule has 100 valence electrons. The fraction of sp³-hybridized carbons (Fsp3) is 0.200. The van der Waals surface area contributed by atoms with Gasteiger partial charge in [-0.15, -0.1) is 0 Å². The van der Waals surface area contributed by atoms with Gasteiger partial charge in [0, 0.05) is 29.7 Å². The number of nitrogens with zero attached hydrogens (tertiary/aromatic N) is 1. The Morgan fingerprint density at radius 3 is 3.10 bits per heavy atom. The van der Waals surface area contributed by atoms with E-state index < -0.39 is 0 Å². The first kappa shape index (κ1) is 11.4. The van der Waals surface area contributed by atoms with Crippen LogP contribution in [0.5, 0.6) is 0 Å². The number of pyridine rings is 1. The highest BCUT2D eigenvalue weighted by Crippen LogP contribution is 2.25. The minimum absolute atomic E-state index is 0.0583. The van der Waals surface area contributed by atoms with Gasteiger partial charge in [-0.3, -0.25) is 4.79 Å². The van der Waals surface area contributed by atoms with Gasteiger partial charge in [0.15, 0.2) is 0 Å². The van der Waals surface area contributed by atoms with E-state index >= 15 is 0 Å². The molecule has 1 aliphatic heterocycles. The highest BCUT2D eigenvalue weighted by Gasteiger charge is 2.25. The zero-order chi connectivity index (χ0) is 13.5. The third-order valence-electron chi connectivity index (χ3n) is 3.84. The molecule has 3 aromatic rings. The van der Waals surface area contributed by atoms with Gasteiger partial charge < -0.3 is 15.3 Å². The van der Waals surface area contributed by atoms with Crippen LogP contribution in [0.4, 0.5) is 0 Å². The maximum atomic E-state index is 12.3. The van der Waals surface area contributed by atoms with Crippen LogP contribution >= 0.6 is 0 Å². The van der Waals surface area contributed by atoms with Crippen molar-refractivity contribution in [2.45, 2.75) is 12.5 Å². The molecule has 3 N–H and O–H groups in total. The lowest BCUT2D eigenvalue weighted by Crippen LogP contribution is -2.34. The monoisotopic (exact) mass is 266 g/mol. The van der Waals surface area contributed by atoms with Gasteiger partial charge in [-0.2, -0.15) is 0 Å². The SMILES string of the molecule is O=c1[nH]c2ccccc2cc1C1NCCc2[nH]cnc21. The quantitative estimate of drug-likeness (QED) is 0.624. The zero-order valence-corrected chi connectivity index (χ0v) is 10.8. The van der Waals surface area contributed by atoms with Crippen LogP contribution in [0.25, 0.3) is 10.9 Å². The average Bonchev–Trinajstić information content (AvgIpc) is 2.95. The largest absolute Gasteiger partial charge is 0.348 e. The Morgan fingerprint density at radius 2 is 2.15 bits per heavy atom. The van der Waals surface area contributed by atoms with Gasteiger partial charge in [0.05, 0.1) is 18.1 Å². The van der Waals surface area contributed by atoms with Crippen molar-refractivity contribution in [1.82, 2.24) is 20.3 Å². The number of rotatable bonds is 1. The van der Waals surface area contributed by atoms with E-state index in [2.05, 4.69) is 20.3 Å². The van der Waals surface area contributed by atoms with Crippen molar-refractivity contribution in [2.24, 2.45) is 0 Å². The van der Waals surface area contributed by atoms with Crippen LogP contribution in [0.3, 0.4) is 0 Å². The molecular weight excluding hydrogens is 252 g/mol. The topological polar surface area (TPSA) is 73.6 Å². The summed E-state index contributed by atoms with van der Waals surface area (Å²) in [6.45, 7) is 0.839. The number of aromatic amines is 2. The van der Waals surface area contributed by atoms with E-state index in [-0.39, 0.29) is 11.6 Å². The molecule has 0 saturated heterocycles. The number of para-hydroxylation sites is 1. The summed E-state index contributed by atoms with van der Waals surface area (Å²) in [4.78, 5) is 22.8. The van der Waals surface area contributed by atoms with E-state index in [0.717, 1.165) is 40.8 Å². The minimum atomic E-state index is -0.140. The number of nitrogens with one attached hydrogen (secondary N) is 3. The Morgan fingerprint density at radius 1 is 1.25 bits per heavy atom. The van der Waals surface area contributed by atoms with E-state index in [1.54, 1.807) is 6.33 Å². The van der Waals surface area contributed by atoms with Crippen LogP contribution in [0.2, 0.25) is 0 Å². The highest BCUT2D eigenvalue weighted by atomic mass is 16.1. The summed E-state index contributed by atoms with van der Waals surface area (Å²) in [5.74, 6) is 0. The first-order valence-corrected chi connectivity index (χ1v) is 6.70. The van der Waals surface area contributed by atoms with Crippen LogP contribution in [-0.2, 0) is 6.42 Å². The molecule has 1 aliphatic rings. The Balaban J connectivity index is 1.92. The van der Waals surface area contributed by atoms with E-state index in [1.807, 2.05) is 30.3 Å². The molecule has 2 aromatic heterocycles.